The van der Waals surface area contributed by atoms with Gasteiger partial charge in [-0.3, -0.25) is 4.98 Å². The molecule has 0 saturated heterocycles. The summed E-state index contributed by atoms with van der Waals surface area (Å²) in [7, 11) is 0. The molecule has 1 atom stereocenters. The van der Waals surface area contributed by atoms with Gasteiger partial charge in [-0.25, -0.2) is 0 Å². The fourth-order valence-corrected chi connectivity index (χ4v) is 1.39. The second-order valence-electron chi connectivity index (χ2n) is 3.14. The first kappa shape index (κ1) is 11.7. The molecule has 78 valence electrons. The van der Waals surface area contributed by atoms with Crippen LogP contribution in [0.5, 0.6) is 0 Å². The smallest absolute Gasteiger partial charge is 0.0726 e. The van der Waals surface area contributed by atoms with Crippen LogP contribution in [-0.4, -0.2) is 4.98 Å². The van der Waals surface area contributed by atoms with E-state index >= 15 is 0 Å². The van der Waals surface area contributed by atoms with Crippen molar-refractivity contribution in [2.45, 2.75) is 6.04 Å². The highest BCUT2D eigenvalue weighted by Gasteiger charge is 2.07. The molecule has 1 aromatic carbocycles. The molecule has 1 aromatic heterocycles. The SMILES string of the molecule is Cl.NC(c1ccccc1)c1ccccn1. The van der Waals surface area contributed by atoms with Crippen molar-refractivity contribution in [3.8, 4) is 0 Å². The third kappa shape index (κ3) is 2.78. The van der Waals surface area contributed by atoms with Crippen LogP contribution in [0.4, 0.5) is 0 Å². The average Bonchev–Trinajstić information content (AvgIpc) is 2.30. The van der Waals surface area contributed by atoms with Crippen molar-refractivity contribution in [3.05, 3.63) is 66.0 Å². The first-order valence-electron chi connectivity index (χ1n) is 4.59. The zero-order valence-electron chi connectivity index (χ0n) is 8.21. The standard InChI is InChI=1S/C12H12N2.ClH/c13-12(10-6-2-1-3-7-10)11-8-4-5-9-14-11;/h1-9,12H,13H2;1H. The molecule has 0 bridgehead atoms. The molecule has 0 aliphatic heterocycles. The highest BCUT2D eigenvalue weighted by atomic mass is 35.5. The van der Waals surface area contributed by atoms with Gasteiger partial charge in [-0.05, 0) is 17.7 Å². The van der Waals surface area contributed by atoms with Crippen LogP contribution in [0.1, 0.15) is 17.3 Å². The van der Waals surface area contributed by atoms with Crippen LogP contribution >= 0.6 is 12.4 Å². The number of benzene rings is 1. The number of hydrogen-bond acceptors (Lipinski definition) is 2. The summed E-state index contributed by atoms with van der Waals surface area (Å²) in [6.07, 6.45) is 1.76. The van der Waals surface area contributed by atoms with Crippen molar-refractivity contribution < 1.29 is 0 Å². The number of halogens is 1. The minimum Gasteiger partial charge on any atom is -0.319 e. The van der Waals surface area contributed by atoms with Gasteiger partial charge in [0.05, 0.1) is 11.7 Å². The van der Waals surface area contributed by atoms with Crippen LogP contribution in [0, 0.1) is 0 Å². The molecule has 0 radical (unpaired) electrons. The van der Waals surface area contributed by atoms with Crippen molar-refractivity contribution in [3.63, 3.8) is 0 Å². The lowest BCUT2D eigenvalue weighted by Crippen LogP contribution is -2.12. The molecule has 0 amide bonds. The molecule has 1 unspecified atom stereocenters. The topological polar surface area (TPSA) is 38.9 Å². The summed E-state index contributed by atoms with van der Waals surface area (Å²) in [6.45, 7) is 0. The lowest BCUT2D eigenvalue weighted by Gasteiger charge is -2.10. The molecule has 0 saturated carbocycles. The van der Waals surface area contributed by atoms with E-state index in [9.17, 15) is 0 Å². The Labute approximate surface area is 95.6 Å². The molecule has 2 nitrogen and oxygen atoms in total. The van der Waals surface area contributed by atoms with Gasteiger partial charge >= 0.3 is 0 Å². The van der Waals surface area contributed by atoms with Gasteiger partial charge in [-0.2, -0.15) is 0 Å². The molecule has 0 spiro atoms. The van der Waals surface area contributed by atoms with Crippen LogP contribution in [-0.2, 0) is 0 Å². The molecule has 3 heteroatoms. The zero-order chi connectivity index (χ0) is 9.80. The molecule has 2 rings (SSSR count). The van der Waals surface area contributed by atoms with Gasteiger partial charge in [0.2, 0.25) is 0 Å². The molecule has 15 heavy (non-hydrogen) atoms. The van der Waals surface area contributed by atoms with E-state index in [1.807, 2.05) is 48.5 Å². The fourth-order valence-electron chi connectivity index (χ4n) is 1.39. The van der Waals surface area contributed by atoms with E-state index in [0.717, 1.165) is 11.3 Å². The maximum absolute atomic E-state index is 6.05. The summed E-state index contributed by atoms with van der Waals surface area (Å²) in [6, 6.07) is 15.6. The minimum absolute atomic E-state index is 0. The minimum atomic E-state index is -0.127. The molecular formula is C12H13ClN2. The number of nitrogens with two attached hydrogens (primary N) is 1. The Morgan fingerprint density at radius 3 is 2.20 bits per heavy atom. The number of rotatable bonds is 2. The summed E-state index contributed by atoms with van der Waals surface area (Å²) in [4.78, 5) is 4.23. The van der Waals surface area contributed by atoms with E-state index < -0.39 is 0 Å². The average molecular weight is 221 g/mol. The third-order valence-electron chi connectivity index (χ3n) is 2.17. The zero-order valence-corrected chi connectivity index (χ0v) is 9.02. The summed E-state index contributed by atoms with van der Waals surface area (Å²) < 4.78 is 0. The van der Waals surface area contributed by atoms with Crippen LogP contribution < -0.4 is 5.73 Å². The van der Waals surface area contributed by atoms with Crippen molar-refractivity contribution in [2.24, 2.45) is 5.73 Å². The Morgan fingerprint density at radius 1 is 0.933 bits per heavy atom. The maximum atomic E-state index is 6.05. The number of hydrogen-bond donors (Lipinski definition) is 1. The van der Waals surface area contributed by atoms with Crippen LogP contribution in [0.2, 0.25) is 0 Å². The Morgan fingerprint density at radius 2 is 1.60 bits per heavy atom. The lowest BCUT2D eigenvalue weighted by atomic mass is 10.0. The van der Waals surface area contributed by atoms with Crippen molar-refractivity contribution in [1.29, 1.82) is 0 Å². The second kappa shape index (κ2) is 5.49. The van der Waals surface area contributed by atoms with E-state index in [1.165, 1.54) is 0 Å². The highest BCUT2D eigenvalue weighted by molar-refractivity contribution is 5.85. The van der Waals surface area contributed by atoms with Crippen LogP contribution in [0.15, 0.2) is 54.7 Å². The van der Waals surface area contributed by atoms with Crippen molar-refractivity contribution >= 4 is 12.4 Å². The van der Waals surface area contributed by atoms with Crippen LogP contribution in [0.3, 0.4) is 0 Å². The predicted octanol–water partition coefficient (Wildman–Crippen LogP) is 2.55. The first-order chi connectivity index (χ1) is 6.88. The van der Waals surface area contributed by atoms with E-state index in [2.05, 4.69) is 4.98 Å². The Hall–Kier alpha value is -1.38. The molecule has 0 aliphatic carbocycles. The molecule has 0 fully saturated rings. The number of aromatic nitrogens is 1. The predicted molar refractivity (Wildman–Crippen MR) is 64.0 cm³/mol. The summed E-state index contributed by atoms with van der Waals surface area (Å²) >= 11 is 0. The third-order valence-corrected chi connectivity index (χ3v) is 2.17. The Kier molecular flexibility index (Phi) is 4.28. The highest BCUT2D eigenvalue weighted by Crippen LogP contribution is 2.16. The number of nitrogens with zero attached hydrogens (tertiary/aromatic N) is 1. The van der Waals surface area contributed by atoms with Crippen LogP contribution in [0.25, 0.3) is 0 Å². The van der Waals surface area contributed by atoms with E-state index in [1.54, 1.807) is 6.20 Å². The number of pyridine rings is 1. The van der Waals surface area contributed by atoms with Gasteiger partial charge in [0.1, 0.15) is 0 Å². The van der Waals surface area contributed by atoms with E-state index in [0.29, 0.717) is 0 Å². The Balaban J connectivity index is 0.00000112. The largest absolute Gasteiger partial charge is 0.319 e. The van der Waals surface area contributed by atoms with Crippen molar-refractivity contribution in [2.75, 3.05) is 0 Å². The molecule has 2 N–H and O–H groups in total. The van der Waals surface area contributed by atoms with E-state index in [-0.39, 0.29) is 18.4 Å². The molecule has 0 aliphatic rings. The van der Waals surface area contributed by atoms with Gasteiger partial charge in [0.15, 0.2) is 0 Å². The first-order valence-corrected chi connectivity index (χ1v) is 4.59. The summed E-state index contributed by atoms with van der Waals surface area (Å²) in [5.74, 6) is 0. The van der Waals surface area contributed by atoms with Crippen molar-refractivity contribution in [1.82, 2.24) is 4.98 Å². The quantitative estimate of drug-likeness (QED) is 0.845. The van der Waals surface area contributed by atoms with Gasteiger partial charge in [0, 0.05) is 6.20 Å². The molecule has 2 aromatic rings. The summed E-state index contributed by atoms with van der Waals surface area (Å²) in [5.41, 5.74) is 8.04. The second-order valence-corrected chi connectivity index (χ2v) is 3.14. The molecular weight excluding hydrogens is 208 g/mol. The van der Waals surface area contributed by atoms with E-state index in [4.69, 9.17) is 5.73 Å². The van der Waals surface area contributed by atoms with Gasteiger partial charge in [0.25, 0.3) is 0 Å². The van der Waals surface area contributed by atoms with Gasteiger partial charge < -0.3 is 5.73 Å². The maximum Gasteiger partial charge on any atom is 0.0726 e. The van der Waals surface area contributed by atoms with Gasteiger partial charge in [-0.15, -0.1) is 12.4 Å². The lowest BCUT2D eigenvalue weighted by molar-refractivity contribution is 0.829. The monoisotopic (exact) mass is 220 g/mol. The fraction of sp³-hybridized carbons (Fsp3) is 0.0833. The normalized spacial score (nSPS) is 11.5. The Bertz CT molecular complexity index is 349. The summed E-state index contributed by atoms with van der Waals surface area (Å²) in [5, 5.41) is 0. The van der Waals surface area contributed by atoms with Gasteiger partial charge in [-0.1, -0.05) is 36.4 Å². The molecule has 1 heterocycles.